The number of rotatable bonds is 4. The number of H-pyrrole nitrogens is 1. The molecule has 116 valence electrons. The summed E-state index contributed by atoms with van der Waals surface area (Å²) in [6.45, 7) is 0.451. The summed E-state index contributed by atoms with van der Waals surface area (Å²) in [6.07, 6.45) is 1.52. The molecule has 1 heterocycles. The Hall–Kier alpha value is -2.11. The maximum atomic E-state index is 12.4. The normalized spacial score (nSPS) is 10.5. The second-order valence-electron chi connectivity index (χ2n) is 4.98. The summed E-state index contributed by atoms with van der Waals surface area (Å²) in [6, 6.07) is 15.1. The van der Waals surface area contributed by atoms with Crippen molar-refractivity contribution >= 4 is 33.4 Å². The minimum absolute atomic E-state index is 0.184. The fraction of sp³-hybridized carbons (Fsp3) is 0.0588. The van der Waals surface area contributed by atoms with E-state index >= 15 is 0 Å². The van der Waals surface area contributed by atoms with Crippen molar-refractivity contribution in [2.45, 2.75) is 6.54 Å². The van der Waals surface area contributed by atoms with Crippen molar-refractivity contribution in [3.05, 3.63) is 75.4 Å². The number of hydrogen-bond donors (Lipinski definition) is 2. The Morgan fingerprint density at radius 2 is 2.00 bits per heavy atom. The molecule has 0 spiro atoms. The van der Waals surface area contributed by atoms with Gasteiger partial charge < -0.3 is 5.32 Å². The second kappa shape index (κ2) is 6.98. The van der Waals surface area contributed by atoms with Crippen LogP contribution in [0.5, 0.6) is 0 Å². The minimum atomic E-state index is -0.184. The van der Waals surface area contributed by atoms with E-state index in [1.807, 2.05) is 36.4 Å². The van der Waals surface area contributed by atoms with Crippen molar-refractivity contribution in [3.63, 3.8) is 0 Å². The van der Waals surface area contributed by atoms with Crippen LogP contribution in [-0.4, -0.2) is 16.1 Å². The lowest BCUT2D eigenvalue weighted by Gasteiger charge is -2.06. The maximum absolute atomic E-state index is 12.4. The van der Waals surface area contributed by atoms with Crippen molar-refractivity contribution in [1.82, 2.24) is 15.5 Å². The molecule has 1 aromatic heterocycles. The summed E-state index contributed by atoms with van der Waals surface area (Å²) in [4.78, 5) is 12.4. The van der Waals surface area contributed by atoms with Gasteiger partial charge in [0.15, 0.2) is 0 Å². The van der Waals surface area contributed by atoms with E-state index in [1.54, 1.807) is 12.1 Å². The van der Waals surface area contributed by atoms with Crippen molar-refractivity contribution in [2.24, 2.45) is 0 Å². The molecular weight excluding hydrogens is 378 g/mol. The summed E-state index contributed by atoms with van der Waals surface area (Å²) in [5, 5.41) is 10.3. The van der Waals surface area contributed by atoms with Crippen LogP contribution in [0.3, 0.4) is 0 Å². The van der Waals surface area contributed by atoms with Gasteiger partial charge in [0, 0.05) is 21.6 Å². The van der Waals surface area contributed by atoms with E-state index in [-0.39, 0.29) is 5.91 Å². The van der Waals surface area contributed by atoms with Crippen LogP contribution in [0.25, 0.3) is 11.3 Å². The molecule has 0 aliphatic rings. The first kappa shape index (κ1) is 15.8. The highest BCUT2D eigenvalue weighted by Crippen LogP contribution is 2.24. The predicted molar refractivity (Wildman–Crippen MR) is 94.3 cm³/mol. The summed E-state index contributed by atoms with van der Waals surface area (Å²) in [5.74, 6) is -0.184. The van der Waals surface area contributed by atoms with Crippen LogP contribution in [-0.2, 0) is 6.54 Å². The van der Waals surface area contributed by atoms with Gasteiger partial charge in [-0.1, -0.05) is 51.8 Å². The first-order chi connectivity index (χ1) is 11.1. The summed E-state index contributed by atoms with van der Waals surface area (Å²) >= 11 is 9.40. The quantitative estimate of drug-likeness (QED) is 0.692. The van der Waals surface area contributed by atoms with Gasteiger partial charge >= 0.3 is 0 Å². The summed E-state index contributed by atoms with van der Waals surface area (Å²) in [7, 11) is 0. The van der Waals surface area contributed by atoms with Crippen LogP contribution in [0.15, 0.2) is 59.2 Å². The molecule has 2 aromatic carbocycles. The molecule has 2 N–H and O–H groups in total. The van der Waals surface area contributed by atoms with E-state index in [1.165, 1.54) is 6.20 Å². The Morgan fingerprint density at radius 3 is 2.74 bits per heavy atom. The third kappa shape index (κ3) is 3.81. The van der Waals surface area contributed by atoms with Crippen molar-refractivity contribution < 1.29 is 4.79 Å². The van der Waals surface area contributed by atoms with E-state index in [0.29, 0.717) is 22.8 Å². The molecular formula is C17H13BrClN3O. The lowest BCUT2D eigenvalue weighted by Crippen LogP contribution is -2.22. The topological polar surface area (TPSA) is 57.8 Å². The number of hydrogen-bond acceptors (Lipinski definition) is 2. The zero-order chi connectivity index (χ0) is 16.2. The Kier molecular flexibility index (Phi) is 4.79. The van der Waals surface area contributed by atoms with Crippen LogP contribution < -0.4 is 5.32 Å². The standard InChI is InChI=1S/C17H13BrClN3O/c18-13-6-4-11(5-7-13)9-20-17(23)15-10-21-22-16(15)12-2-1-3-14(19)8-12/h1-8,10H,9H2,(H,20,23)(H,21,22). The van der Waals surface area contributed by atoms with Gasteiger partial charge in [-0.15, -0.1) is 0 Å². The van der Waals surface area contributed by atoms with E-state index in [2.05, 4.69) is 31.4 Å². The van der Waals surface area contributed by atoms with Gasteiger partial charge in [0.05, 0.1) is 17.5 Å². The Bertz CT molecular complexity index is 830. The molecule has 4 nitrogen and oxygen atoms in total. The van der Waals surface area contributed by atoms with Crippen LogP contribution >= 0.6 is 27.5 Å². The van der Waals surface area contributed by atoms with Gasteiger partial charge in [-0.25, -0.2) is 0 Å². The summed E-state index contributed by atoms with van der Waals surface area (Å²) < 4.78 is 1.01. The average molecular weight is 391 g/mol. The Labute approximate surface area is 147 Å². The van der Waals surface area contributed by atoms with Crippen LogP contribution in [0.2, 0.25) is 5.02 Å². The molecule has 3 rings (SSSR count). The smallest absolute Gasteiger partial charge is 0.255 e. The molecule has 6 heteroatoms. The number of carbonyl (C=O) groups is 1. The summed E-state index contributed by atoms with van der Waals surface area (Å²) in [5.41, 5.74) is 2.99. The Morgan fingerprint density at radius 1 is 1.22 bits per heavy atom. The number of amides is 1. The maximum Gasteiger partial charge on any atom is 0.255 e. The number of aromatic amines is 1. The molecule has 0 aliphatic carbocycles. The SMILES string of the molecule is O=C(NCc1ccc(Br)cc1)c1cn[nH]c1-c1cccc(Cl)c1. The van der Waals surface area contributed by atoms with E-state index < -0.39 is 0 Å². The van der Waals surface area contributed by atoms with Gasteiger partial charge in [0.25, 0.3) is 5.91 Å². The van der Waals surface area contributed by atoms with E-state index in [4.69, 9.17) is 11.6 Å². The molecule has 0 fully saturated rings. The first-order valence-corrected chi connectivity index (χ1v) is 8.12. The number of halogens is 2. The van der Waals surface area contributed by atoms with Gasteiger partial charge in [-0.05, 0) is 29.8 Å². The van der Waals surface area contributed by atoms with Gasteiger partial charge in [-0.2, -0.15) is 5.10 Å². The zero-order valence-electron chi connectivity index (χ0n) is 12.0. The largest absolute Gasteiger partial charge is 0.348 e. The van der Waals surface area contributed by atoms with Gasteiger partial charge in [-0.3, -0.25) is 9.89 Å². The lowest BCUT2D eigenvalue weighted by atomic mass is 10.1. The molecule has 0 aliphatic heterocycles. The highest BCUT2D eigenvalue weighted by atomic mass is 79.9. The highest BCUT2D eigenvalue weighted by molar-refractivity contribution is 9.10. The molecule has 23 heavy (non-hydrogen) atoms. The average Bonchev–Trinajstić information content (AvgIpc) is 3.04. The van der Waals surface area contributed by atoms with E-state index in [9.17, 15) is 4.79 Å². The molecule has 0 saturated carbocycles. The van der Waals surface area contributed by atoms with Crippen molar-refractivity contribution in [1.29, 1.82) is 0 Å². The molecule has 0 saturated heterocycles. The Balaban J connectivity index is 1.76. The van der Waals surface area contributed by atoms with Crippen molar-refractivity contribution in [2.75, 3.05) is 0 Å². The predicted octanol–water partition coefficient (Wildman–Crippen LogP) is 4.42. The number of nitrogens with one attached hydrogen (secondary N) is 2. The lowest BCUT2D eigenvalue weighted by molar-refractivity contribution is 0.0951. The number of aromatic nitrogens is 2. The van der Waals surface area contributed by atoms with Crippen LogP contribution in [0, 0.1) is 0 Å². The molecule has 0 atom stereocenters. The first-order valence-electron chi connectivity index (χ1n) is 6.95. The molecule has 0 radical (unpaired) electrons. The molecule has 1 amide bonds. The zero-order valence-corrected chi connectivity index (χ0v) is 14.4. The van der Waals surface area contributed by atoms with Crippen LogP contribution in [0.1, 0.15) is 15.9 Å². The highest BCUT2D eigenvalue weighted by Gasteiger charge is 2.15. The third-order valence-electron chi connectivity index (χ3n) is 3.36. The molecule has 3 aromatic rings. The van der Waals surface area contributed by atoms with Crippen LogP contribution in [0.4, 0.5) is 0 Å². The van der Waals surface area contributed by atoms with Crippen molar-refractivity contribution in [3.8, 4) is 11.3 Å². The molecule has 0 unspecified atom stereocenters. The van der Waals surface area contributed by atoms with E-state index in [0.717, 1.165) is 15.6 Å². The monoisotopic (exact) mass is 389 g/mol. The second-order valence-corrected chi connectivity index (χ2v) is 6.33. The number of nitrogens with zero attached hydrogens (tertiary/aromatic N) is 1. The number of benzene rings is 2. The third-order valence-corrected chi connectivity index (χ3v) is 4.13. The van der Waals surface area contributed by atoms with Gasteiger partial charge in [0.2, 0.25) is 0 Å². The number of carbonyl (C=O) groups excluding carboxylic acids is 1. The van der Waals surface area contributed by atoms with Gasteiger partial charge in [0.1, 0.15) is 0 Å². The fourth-order valence-corrected chi connectivity index (χ4v) is 2.66. The molecule has 0 bridgehead atoms. The fourth-order valence-electron chi connectivity index (χ4n) is 2.20. The minimum Gasteiger partial charge on any atom is -0.348 e.